The summed E-state index contributed by atoms with van der Waals surface area (Å²) in [4.78, 5) is 19.9. The van der Waals surface area contributed by atoms with E-state index in [0.717, 1.165) is 4.90 Å². The van der Waals surface area contributed by atoms with Gasteiger partial charge in [0.25, 0.3) is 5.56 Å². The molecule has 24 heavy (non-hydrogen) atoms. The molecule has 0 aliphatic rings. The number of aromatic amines is 1. The SMILES string of the molecule is N#C/C(=C(/O)CSc1ccccc1)c1nc2ccccc2c(=O)[nH]1. The Morgan fingerprint density at radius 1 is 1.17 bits per heavy atom. The van der Waals surface area contributed by atoms with Crippen LogP contribution in [0.4, 0.5) is 0 Å². The van der Waals surface area contributed by atoms with Gasteiger partial charge < -0.3 is 10.1 Å². The molecule has 0 aliphatic carbocycles. The number of hydrogen-bond donors (Lipinski definition) is 2. The van der Waals surface area contributed by atoms with Crippen molar-refractivity contribution in [2.24, 2.45) is 0 Å². The number of para-hydroxylation sites is 1. The Morgan fingerprint density at radius 3 is 2.62 bits per heavy atom. The second-order valence-electron chi connectivity index (χ2n) is 4.97. The second-order valence-corrected chi connectivity index (χ2v) is 6.02. The third kappa shape index (κ3) is 3.31. The molecule has 2 N–H and O–H groups in total. The zero-order valence-corrected chi connectivity index (χ0v) is 13.4. The maximum Gasteiger partial charge on any atom is 0.259 e. The van der Waals surface area contributed by atoms with Gasteiger partial charge in [0.2, 0.25) is 0 Å². The molecule has 0 saturated carbocycles. The number of thioether (sulfide) groups is 1. The Labute approximate surface area is 142 Å². The molecule has 1 aromatic heterocycles. The number of allylic oxidation sites excluding steroid dienone is 1. The van der Waals surface area contributed by atoms with Gasteiger partial charge in [-0.2, -0.15) is 5.26 Å². The summed E-state index contributed by atoms with van der Waals surface area (Å²) in [6.45, 7) is 0. The van der Waals surface area contributed by atoms with E-state index in [4.69, 9.17) is 0 Å². The molecule has 3 rings (SSSR count). The first-order valence-corrected chi connectivity index (χ1v) is 8.17. The van der Waals surface area contributed by atoms with E-state index in [0.29, 0.717) is 10.9 Å². The number of aliphatic hydroxyl groups is 1. The molecule has 118 valence electrons. The van der Waals surface area contributed by atoms with Crippen molar-refractivity contribution in [2.45, 2.75) is 4.90 Å². The first-order chi connectivity index (χ1) is 11.7. The molecular formula is C18H13N3O2S. The number of benzene rings is 2. The molecule has 2 aromatic carbocycles. The maximum absolute atomic E-state index is 12.1. The zero-order chi connectivity index (χ0) is 16.9. The van der Waals surface area contributed by atoms with Crippen LogP contribution in [0.5, 0.6) is 0 Å². The van der Waals surface area contributed by atoms with Crippen molar-refractivity contribution < 1.29 is 5.11 Å². The lowest BCUT2D eigenvalue weighted by molar-refractivity contribution is 0.420. The number of nitrogens with one attached hydrogen (secondary N) is 1. The molecule has 0 amide bonds. The number of aliphatic hydroxyl groups excluding tert-OH is 1. The van der Waals surface area contributed by atoms with Gasteiger partial charge in [0, 0.05) is 4.90 Å². The van der Waals surface area contributed by atoms with E-state index < -0.39 is 0 Å². The van der Waals surface area contributed by atoms with Crippen molar-refractivity contribution in [2.75, 3.05) is 5.75 Å². The highest BCUT2D eigenvalue weighted by atomic mass is 32.2. The summed E-state index contributed by atoms with van der Waals surface area (Å²) >= 11 is 1.40. The van der Waals surface area contributed by atoms with Gasteiger partial charge in [-0.05, 0) is 24.3 Å². The zero-order valence-electron chi connectivity index (χ0n) is 12.6. The van der Waals surface area contributed by atoms with Gasteiger partial charge >= 0.3 is 0 Å². The van der Waals surface area contributed by atoms with Crippen LogP contribution in [0.1, 0.15) is 5.82 Å². The quantitative estimate of drug-likeness (QED) is 0.433. The van der Waals surface area contributed by atoms with Crippen LogP contribution in [0, 0.1) is 11.3 Å². The Kier molecular flexibility index (Phi) is 4.64. The van der Waals surface area contributed by atoms with Gasteiger partial charge in [0.15, 0.2) is 5.82 Å². The normalized spacial score (nSPS) is 11.8. The summed E-state index contributed by atoms with van der Waals surface area (Å²) in [6.07, 6.45) is 0. The Morgan fingerprint density at radius 2 is 1.88 bits per heavy atom. The molecule has 3 aromatic rings. The van der Waals surface area contributed by atoms with E-state index in [-0.39, 0.29) is 28.5 Å². The average molecular weight is 335 g/mol. The minimum atomic E-state index is -0.341. The molecule has 0 bridgehead atoms. The van der Waals surface area contributed by atoms with Crippen molar-refractivity contribution in [1.29, 1.82) is 5.26 Å². The molecular weight excluding hydrogens is 322 g/mol. The van der Waals surface area contributed by atoms with Crippen LogP contribution in [-0.2, 0) is 0 Å². The van der Waals surface area contributed by atoms with E-state index >= 15 is 0 Å². The lowest BCUT2D eigenvalue weighted by atomic mass is 10.2. The highest BCUT2D eigenvalue weighted by Crippen LogP contribution is 2.23. The van der Waals surface area contributed by atoms with Gasteiger partial charge in [0.05, 0.1) is 16.7 Å². The number of aromatic nitrogens is 2. The maximum atomic E-state index is 12.1. The van der Waals surface area contributed by atoms with Gasteiger partial charge in [0.1, 0.15) is 17.4 Å². The standard InChI is InChI=1S/C18H13N3O2S/c19-10-14(16(22)11-24-12-6-2-1-3-7-12)17-20-15-9-5-4-8-13(15)18(23)21-17/h1-9,22H,11H2,(H,20,21,23)/b16-14-. The Hall–Kier alpha value is -3.04. The predicted molar refractivity (Wildman–Crippen MR) is 94.7 cm³/mol. The molecule has 0 unspecified atom stereocenters. The minimum Gasteiger partial charge on any atom is -0.510 e. The number of H-pyrrole nitrogens is 1. The highest BCUT2D eigenvalue weighted by Gasteiger charge is 2.13. The van der Waals surface area contributed by atoms with Crippen molar-refractivity contribution in [3.63, 3.8) is 0 Å². The molecule has 0 radical (unpaired) electrons. The van der Waals surface area contributed by atoms with Crippen molar-refractivity contribution in [1.82, 2.24) is 9.97 Å². The smallest absolute Gasteiger partial charge is 0.259 e. The molecule has 0 atom stereocenters. The van der Waals surface area contributed by atoms with Crippen LogP contribution in [0.2, 0.25) is 0 Å². The fourth-order valence-corrected chi connectivity index (χ4v) is 3.00. The number of nitrogens with zero attached hydrogens (tertiary/aromatic N) is 2. The van der Waals surface area contributed by atoms with Crippen LogP contribution >= 0.6 is 11.8 Å². The third-order valence-electron chi connectivity index (χ3n) is 3.37. The lowest BCUT2D eigenvalue weighted by Gasteiger charge is -2.05. The number of fused-ring (bicyclic) bond motifs is 1. The summed E-state index contributed by atoms with van der Waals surface area (Å²) < 4.78 is 0. The first kappa shape index (κ1) is 15.8. The van der Waals surface area contributed by atoms with Crippen LogP contribution in [0.15, 0.2) is 70.0 Å². The van der Waals surface area contributed by atoms with Gasteiger partial charge in [-0.15, -0.1) is 11.8 Å². The molecule has 0 saturated heterocycles. The third-order valence-corrected chi connectivity index (χ3v) is 4.39. The molecule has 0 fully saturated rings. The first-order valence-electron chi connectivity index (χ1n) is 7.18. The Bertz CT molecular complexity index is 1000. The van der Waals surface area contributed by atoms with Crippen LogP contribution in [0.25, 0.3) is 16.5 Å². The van der Waals surface area contributed by atoms with Gasteiger partial charge in [-0.3, -0.25) is 4.79 Å². The summed E-state index contributed by atoms with van der Waals surface area (Å²) in [7, 11) is 0. The van der Waals surface area contributed by atoms with Crippen LogP contribution in [0.3, 0.4) is 0 Å². The summed E-state index contributed by atoms with van der Waals surface area (Å²) in [6, 6.07) is 18.3. The van der Waals surface area contributed by atoms with Crippen LogP contribution in [-0.4, -0.2) is 20.8 Å². The van der Waals surface area contributed by atoms with E-state index in [1.807, 2.05) is 36.4 Å². The lowest BCUT2D eigenvalue weighted by Crippen LogP contribution is -2.12. The van der Waals surface area contributed by atoms with E-state index in [1.54, 1.807) is 24.3 Å². The topological polar surface area (TPSA) is 89.8 Å². The average Bonchev–Trinajstić information content (AvgIpc) is 2.61. The highest BCUT2D eigenvalue weighted by molar-refractivity contribution is 7.99. The molecule has 0 aliphatic heterocycles. The van der Waals surface area contributed by atoms with Crippen molar-refractivity contribution in [3.05, 3.63) is 76.5 Å². The van der Waals surface area contributed by atoms with Crippen LogP contribution < -0.4 is 5.56 Å². The van der Waals surface area contributed by atoms with Gasteiger partial charge in [-0.25, -0.2) is 4.98 Å². The second kappa shape index (κ2) is 7.02. The fourth-order valence-electron chi connectivity index (χ4n) is 2.20. The molecule has 0 spiro atoms. The Balaban J connectivity index is 1.95. The number of rotatable bonds is 4. The molecule has 6 heteroatoms. The number of nitriles is 1. The largest absolute Gasteiger partial charge is 0.510 e. The minimum absolute atomic E-state index is 0.0266. The summed E-state index contributed by atoms with van der Waals surface area (Å²) in [5, 5.41) is 20.1. The van der Waals surface area contributed by atoms with Crippen molar-refractivity contribution in [3.8, 4) is 6.07 Å². The van der Waals surface area contributed by atoms with Gasteiger partial charge in [-0.1, -0.05) is 30.3 Å². The predicted octanol–water partition coefficient (Wildman–Crippen LogP) is 3.51. The van der Waals surface area contributed by atoms with Crippen molar-refractivity contribution >= 4 is 28.2 Å². The van der Waals surface area contributed by atoms with E-state index in [2.05, 4.69) is 9.97 Å². The van der Waals surface area contributed by atoms with E-state index in [9.17, 15) is 15.2 Å². The fraction of sp³-hybridized carbons (Fsp3) is 0.0556. The summed E-state index contributed by atoms with van der Waals surface area (Å²) in [5.74, 6) is 0.167. The monoisotopic (exact) mass is 335 g/mol. The molecule has 1 heterocycles. The summed E-state index contributed by atoms with van der Waals surface area (Å²) in [5.41, 5.74) is 0.112. The number of hydrogen-bond acceptors (Lipinski definition) is 5. The van der Waals surface area contributed by atoms with E-state index in [1.165, 1.54) is 11.8 Å². The molecule has 5 nitrogen and oxygen atoms in total.